The molecule has 0 N–H and O–H groups in total. The highest BCUT2D eigenvalue weighted by Gasteiger charge is 2.28. The van der Waals surface area contributed by atoms with Gasteiger partial charge in [0.2, 0.25) is 5.91 Å². The van der Waals surface area contributed by atoms with Gasteiger partial charge in [0.05, 0.1) is 32.9 Å². The molecule has 1 aromatic carbocycles. The Balaban J connectivity index is 1.69. The molecular formula is C21H26N2O5S. The van der Waals surface area contributed by atoms with E-state index in [0.29, 0.717) is 36.3 Å². The highest BCUT2D eigenvalue weighted by atomic mass is 32.1. The first-order chi connectivity index (χ1) is 14.0. The molecule has 0 atom stereocenters. The van der Waals surface area contributed by atoms with E-state index >= 15 is 0 Å². The van der Waals surface area contributed by atoms with Gasteiger partial charge in [0, 0.05) is 17.5 Å². The van der Waals surface area contributed by atoms with Crippen LogP contribution in [0.5, 0.6) is 11.5 Å². The van der Waals surface area contributed by atoms with E-state index in [1.54, 1.807) is 26.0 Å². The first-order valence-corrected chi connectivity index (χ1v) is 10.5. The molecule has 3 rings (SSSR count). The van der Waals surface area contributed by atoms with Crippen molar-refractivity contribution in [2.24, 2.45) is 5.92 Å². The van der Waals surface area contributed by atoms with Gasteiger partial charge in [-0.1, -0.05) is 0 Å². The second kappa shape index (κ2) is 9.73. The van der Waals surface area contributed by atoms with Crippen LogP contribution in [0.2, 0.25) is 0 Å². The van der Waals surface area contributed by atoms with Crippen LogP contribution in [-0.2, 0) is 20.7 Å². The van der Waals surface area contributed by atoms with Crippen molar-refractivity contribution >= 4 is 23.2 Å². The lowest BCUT2D eigenvalue weighted by atomic mass is 10.2. The molecule has 1 amide bonds. The van der Waals surface area contributed by atoms with Gasteiger partial charge in [0.25, 0.3) is 0 Å². The zero-order valence-corrected chi connectivity index (χ0v) is 17.8. The zero-order chi connectivity index (χ0) is 20.8. The molecule has 1 aromatic heterocycles. The number of thiazole rings is 1. The van der Waals surface area contributed by atoms with E-state index < -0.39 is 0 Å². The fraction of sp³-hybridized carbons (Fsp3) is 0.476. The minimum absolute atomic E-state index is 0.00412. The summed E-state index contributed by atoms with van der Waals surface area (Å²) in [4.78, 5) is 30.9. The number of carbonyl (C=O) groups is 2. The molecule has 0 saturated heterocycles. The molecule has 0 bridgehead atoms. The van der Waals surface area contributed by atoms with E-state index in [4.69, 9.17) is 14.2 Å². The number of ether oxygens (including phenoxy) is 3. The minimum atomic E-state index is -0.370. The lowest BCUT2D eigenvalue weighted by Crippen LogP contribution is -2.39. The van der Waals surface area contributed by atoms with Gasteiger partial charge in [-0.15, -0.1) is 11.3 Å². The van der Waals surface area contributed by atoms with E-state index in [2.05, 4.69) is 4.98 Å². The van der Waals surface area contributed by atoms with Crippen molar-refractivity contribution in [2.75, 3.05) is 33.9 Å². The number of hydrogen-bond acceptors (Lipinski definition) is 7. The summed E-state index contributed by atoms with van der Waals surface area (Å²) >= 11 is 1.47. The Morgan fingerprint density at radius 3 is 2.62 bits per heavy atom. The molecule has 0 unspecified atom stereocenters. The maximum Gasteiger partial charge on any atom is 0.325 e. The van der Waals surface area contributed by atoms with E-state index in [-0.39, 0.29) is 24.8 Å². The Labute approximate surface area is 174 Å². The van der Waals surface area contributed by atoms with Crippen LogP contribution in [-0.4, -0.2) is 55.7 Å². The Morgan fingerprint density at radius 1 is 1.21 bits per heavy atom. The predicted molar refractivity (Wildman–Crippen MR) is 110 cm³/mol. The molecule has 1 saturated carbocycles. The molecule has 1 aliphatic rings. The summed E-state index contributed by atoms with van der Waals surface area (Å²) in [5.41, 5.74) is 1.59. The first-order valence-electron chi connectivity index (χ1n) is 9.64. The van der Waals surface area contributed by atoms with Crippen molar-refractivity contribution in [1.82, 2.24) is 9.88 Å². The van der Waals surface area contributed by atoms with Crippen molar-refractivity contribution < 1.29 is 23.8 Å². The fourth-order valence-corrected chi connectivity index (χ4v) is 3.80. The third-order valence-electron chi connectivity index (χ3n) is 4.67. The van der Waals surface area contributed by atoms with Crippen LogP contribution in [0.3, 0.4) is 0 Å². The van der Waals surface area contributed by atoms with Crippen molar-refractivity contribution in [3.05, 3.63) is 29.3 Å². The average molecular weight is 419 g/mol. The number of carbonyl (C=O) groups excluding carboxylic acids is 2. The van der Waals surface area contributed by atoms with Gasteiger partial charge in [0.15, 0.2) is 11.5 Å². The van der Waals surface area contributed by atoms with E-state index in [1.807, 2.05) is 23.6 Å². The molecule has 8 heteroatoms. The summed E-state index contributed by atoms with van der Waals surface area (Å²) < 4.78 is 15.6. The Bertz CT molecular complexity index is 863. The van der Waals surface area contributed by atoms with Gasteiger partial charge >= 0.3 is 5.97 Å². The number of nitrogens with zero attached hydrogens (tertiary/aromatic N) is 2. The molecule has 156 valence electrons. The number of amides is 1. The van der Waals surface area contributed by atoms with Crippen molar-refractivity contribution in [2.45, 2.75) is 26.2 Å². The third kappa shape index (κ3) is 5.69. The number of hydrogen-bond donors (Lipinski definition) is 0. The number of methoxy groups -OCH3 is 2. The van der Waals surface area contributed by atoms with Gasteiger partial charge in [-0.25, -0.2) is 4.98 Å². The quantitative estimate of drug-likeness (QED) is 0.552. The largest absolute Gasteiger partial charge is 0.493 e. The molecule has 2 aromatic rings. The molecule has 7 nitrogen and oxygen atoms in total. The summed E-state index contributed by atoms with van der Waals surface area (Å²) in [5.74, 6) is 1.30. The van der Waals surface area contributed by atoms with Crippen LogP contribution < -0.4 is 9.47 Å². The fourth-order valence-electron chi connectivity index (χ4n) is 2.99. The van der Waals surface area contributed by atoms with Crippen molar-refractivity contribution in [1.29, 1.82) is 0 Å². The summed E-state index contributed by atoms with van der Waals surface area (Å²) in [5, 5.41) is 2.68. The molecule has 1 aliphatic carbocycles. The van der Waals surface area contributed by atoms with Crippen LogP contribution >= 0.6 is 11.3 Å². The minimum Gasteiger partial charge on any atom is -0.493 e. The van der Waals surface area contributed by atoms with Crippen LogP contribution in [0.4, 0.5) is 0 Å². The number of esters is 1. The second-order valence-electron chi connectivity index (χ2n) is 6.91. The van der Waals surface area contributed by atoms with Crippen LogP contribution in [0.15, 0.2) is 23.6 Å². The van der Waals surface area contributed by atoms with Gasteiger partial charge < -0.3 is 19.1 Å². The Hall–Kier alpha value is -2.61. The maximum absolute atomic E-state index is 12.8. The van der Waals surface area contributed by atoms with Crippen LogP contribution in [0.25, 0.3) is 10.6 Å². The summed E-state index contributed by atoms with van der Waals surface area (Å²) in [7, 11) is 3.18. The number of rotatable bonds is 10. The predicted octanol–water partition coefficient (Wildman–Crippen LogP) is 3.17. The van der Waals surface area contributed by atoms with Gasteiger partial charge in [-0.2, -0.15) is 0 Å². The molecule has 29 heavy (non-hydrogen) atoms. The normalized spacial score (nSPS) is 13.1. The Kier molecular flexibility index (Phi) is 7.09. The molecular weight excluding hydrogens is 392 g/mol. The highest BCUT2D eigenvalue weighted by Crippen LogP contribution is 2.34. The monoisotopic (exact) mass is 418 g/mol. The van der Waals surface area contributed by atoms with Gasteiger partial charge in [0.1, 0.15) is 11.6 Å². The zero-order valence-electron chi connectivity index (χ0n) is 17.0. The second-order valence-corrected chi connectivity index (χ2v) is 7.77. The molecule has 0 radical (unpaired) electrons. The standard InChI is InChI=1S/C21H26N2O5S/c1-4-28-20(25)12-23(11-14-5-6-14)19(24)10-16-13-29-21(22-16)15-7-8-17(26-2)18(9-15)27-3/h7-9,13-14H,4-6,10-12H2,1-3H3. The van der Waals surface area contributed by atoms with Crippen LogP contribution in [0, 0.1) is 5.92 Å². The van der Waals surface area contributed by atoms with Crippen molar-refractivity contribution in [3.8, 4) is 22.1 Å². The molecule has 0 aliphatic heterocycles. The van der Waals surface area contributed by atoms with E-state index in [0.717, 1.165) is 23.4 Å². The lowest BCUT2D eigenvalue weighted by molar-refractivity contribution is -0.148. The molecule has 1 fully saturated rings. The molecule has 1 heterocycles. The summed E-state index contributed by atoms with van der Waals surface area (Å²) in [6.45, 7) is 2.67. The van der Waals surface area contributed by atoms with E-state index in [9.17, 15) is 9.59 Å². The lowest BCUT2D eigenvalue weighted by Gasteiger charge is -2.21. The maximum atomic E-state index is 12.8. The number of aromatic nitrogens is 1. The smallest absolute Gasteiger partial charge is 0.325 e. The average Bonchev–Trinajstić information content (AvgIpc) is 3.42. The topological polar surface area (TPSA) is 78.0 Å². The SMILES string of the molecule is CCOC(=O)CN(CC1CC1)C(=O)Cc1csc(-c2ccc(OC)c(OC)c2)n1. The summed E-state index contributed by atoms with van der Waals surface area (Å²) in [6.07, 6.45) is 2.37. The highest BCUT2D eigenvalue weighted by molar-refractivity contribution is 7.13. The summed E-state index contributed by atoms with van der Waals surface area (Å²) in [6, 6.07) is 5.60. The van der Waals surface area contributed by atoms with Gasteiger partial charge in [-0.05, 0) is 43.9 Å². The third-order valence-corrected chi connectivity index (χ3v) is 5.61. The Morgan fingerprint density at radius 2 is 1.97 bits per heavy atom. The first kappa shape index (κ1) is 21.1. The van der Waals surface area contributed by atoms with Crippen LogP contribution in [0.1, 0.15) is 25.5 Å². The van der Waals surface area contributed by atoms with Gasteiger partial charge in [-0.3, -0.25) is 9.59 Å². The molecule has 0 spiro atoms. The van der Waals surface area contributed by atoms with Crippen molar-refractivity contribution in [3.63, 3.8) is 0 Å². The van der Waals surface area contributed by atoms with E-state index in [1.165, 1.54) is 11.3 Å². The number of benzene rings is 1.